The highest BCUT2D eigenvalue weighted by Gasteiger charge is 2.45. The molecule has 0 spiro atoms. The van der Waals surface area contributed by atoms with Crippen molar-refractivity contribution in [3.05, 3.63) is 0 Å². The first-order valence-corrected chi connectivity index (χ1v) is 6.27. The molecule has 18 heavy (non-hydrogen) atoms. The monoisotopic (exact) mass is 256 g/mol. The van der Waals surface area contributed by atoms with Gasteiger partial charge in [-0.2, -0.15) is 0 Å². The first-order chi connectivity index (χ1) is 8.26. The molecular formula is C12H24N4O2. The lowest BCUT2D eigenvalue weighted by Gasteiger charge is -2.33. The van der Waals surface area contributed by atoms with Crippen LogP contribution >= 0.6 is 0 Å². The Labute approximate surface area is 108 Å². The van der Waals surface area contributed by atoms with E-state index < -0.39 is 5.54 Å². The summed E-state index contributed by atoms with van der Waals surface area (Å²) in [7, 11) is 0. The molecule has 0 aromatic rings. The number of rotatable bonds is 7. The molecule has 0 saturated heterocycles. The fraction of sp³-hybridized carbons (Fsp3) is 0.833. The Bertz CT molecular complexity index is 350. The predicted octanol–water partition coefficient (Wildman–Crippen LogP) is 0.393. The van der Waals surface area contributed by atoms with Crippen LogP contribution in [0.15, 0.2) is 5.16 Å². The smallest absolute Gasteiger partial charge is 0.237 e. The van der Waals surface area contributed by atoms with E-state index in [1.54, 1.807) is 0 Å². The summed E-state index contributed by atoms with van der Waals surface area (Å²) in [6.45, 7) is 6.39. The summed E-state index contributed by atoms with van der Waals surface area (Å²) in [5.41, 5.74) is 10.3. The Balaban J connectivity index is 2.61. The normalized spacial score (nSPS) is 21.7. The van der Waals surface area contributed by atoms with Crippen molar-refractivity contribution in [2.24, 2.45) is 28.0 Å². The van der Waals surface area contributed by atoms with Crippen LogP contribution in [0.3, 0.4) is 0 Å². The van der Waals surface area contributed by atoms with Crippen LogP contribution in [0.2, 0.25) is 0 Å². The van der Waals surface area contributed by atoms with Gasteiger partial charge in [0.1, 0.15) is 5.84 Å². The van der Waals surface area contributed by atoms with Gasteiger partial charge < -0.3 is 22.0 Å². The van der Waals surface area contributed by atoms with Crippen molar-refractivity contribution in [1.82, 2.24) is 5.32 Å². The third-order valence-corrected chi connectivity index (χ3v) is 4.14. The molecule has 0 bridgehead atoms. The summed E-state index contributed by atoms with van der Waals surface area (Å²) in [4.78, 5) is 11.5. The second-order valence-electron chi connectivity index (χ2n) is 5.84. The van der Waals surface area contributed by atoms with Crippen molar-refractivity contribution < 1.29 is 10.0 Å². The van der Waals surface area contributed by atoms with E-state index in [1.807, 2.05) is 20.8 Å². The van der Waals surface area contributed by atoms with E-state index in [2.05, 4.69) is 10.5 Å². The summed E-state index contributed by atoms with van der Waals surface area (Å²) < 4.78 is 0. The average Bonchev–Trinajstić information content (AvgIpc) is 3.05. The van der Waals surface area contributed by atoms with E-state index in [1.165, 1.54) is 0 Å². The third-order valence-electron chi connectivity index (χ3n) is 4.14. The number of oxime groups is 1. The van der Waals surface area contributed by atoms with Gasteiger partial charge >= 0.3 is 0 Å². The van der Waals surface area contributed by atoms with E-state index in [-0.39, 0.29) is 23.1 Å². The lowest BCUT2D eigenvalue weighted by molar-refractivity contribution is -0.125. The van der Waals surface area contributed by atoms with Gasteiger partial charge in [0.05, 0.1) is 5.54 Å². The van der Waals surface area contributed by atoms with E-state index in [4.69, 9.17) is 16.7 Å². The van der Waals surface area contributed by atoms with Crippen LogP contribution in [0, 0.1) is 11.3 Å². The lowest BCUT2D eigenvalue weighted by Crippen LogP contribution is -2.58. The minimum absolute atomic E-state index is 0.0158. The maximum atomic E-state index is 11.5. The zero-order valence-corrected chi connectivity index (χ0v) is 11.4. The number of carbonyl (C=O) groups excluding carboxylic acids is 1. The summed E-state index contributed by atoms with van der Waals surface area (Å²) in [6.07, 6.45) is 2.58. The fourth-order valence-corrected chi connectivity index (χ4v) is 1.96. The number of amidine groups is 1. The molecule has 0 heterocycles. The Morgan fingerprint density at radius 3 is 2.39 bits per heavy atom. The summed E-state index contributed by atoms with van der Waals surface area (Å²) in [5, 5.41) is 14.9. The van der Waals surface area contributed by atoms with E-state index >= 15 is 0 Å². The van der Waals surface area contributed by atoms with Crippen LogP contribution in [0.25, 0.3) is 0 Å². The minimum atomic E-state index is -0.722. The molecule has 1 fully saturated rings. The van der Waals surface area contributed by atoms with Gasteiger partial charge in [-0.05, 0) is 31.1 Å². The van der Waals surface area contributed by atoms with Crippen LogP contribution < -0.4 is 16.8 Å². The SMILES string of the molecule is CC(C)C(C)(NCC1(CC(N)=NO)CC1)C(N)=O. The van der Waals surface area contributed by atoms with Crippen molar-refractivity contribution in [2.45, 2.75) is 45.6 Å². The molecule has 1 unspecified atom stereocenters. The highest BCUT2D eigenvalue weighted by molar-refractivity contribution is 5.84. The zero-order chi connectivity index (χ0) is 14.0. The molecule has 0 radical (unpaired) electrons. The Hall–Kier alpha value is -1.30. The molecule has 6 nitrogen and oxygen atoms in total. The third kappa shape index (κ3) is 3.13. The molecule has 1 saturated carbocycles. The quantitative estimate of drug-likeness (QED) is 0.228. The number of hydrogen-bond acceptors (Lipinski definition) is 4. The molecule has 1 aliphatic rings. The highest BCUT2D eigenvalue weighted by atomic mass is 16.4. The molecule has 0 aliphatic heterocycles. The van der Waals surface area contributed by atoms with Gasteiger partial charge in [-0.15, -0.1) is 0 Å². The van der Waals surface area contributed by atoms with Crippen molar-refractivity contribution in [2.75, 3.05) is 6.54 Å². The maximum absolute atomic E-state index is 11.5. The zero-order valence-electron chi connectivity index (χ0n) is 11.4. The van der Waals surface area contributed by atoms with Crippen LogP contribution in [0.5, 0.6) is 0 Å². The van der Waals surface area contributed by atoms with Crippen molar-refractivity contribution >= 4 is 11.7 Å². The van der Waals surface area contributed by atoms with Crippen molar-refractivity contribution in [1.29, 1.82) is 0 Å². The number of amides is 1. The summed E-state index contributed by atoms with van der Waals surface area (Å²) >= 11 is 0. The van der Waals surface area contributed by atoms with Crippen LogP contribution in [-0.4, -0.2) is 29.0 Å². The van der Waals surface area contributed by atoms with E-state index in [9.17, 15) is 4.79 Å². The standard InChI is InChI=1S/C12H24N4O2/c1-8(2)11(3,10(14)17)15-7-12(4-5-12)6-9(13)16-18/h8,15,18H,4-7H2,1-3H3,(H2,13,16)(H2,14,17). The first kappa shape index (κ1) is 14.8. The van der Waals surface area contributed by atoms with Gasteiger partial charge in [0, 0.05) is 13.0 Å². The molecule has 6 heteroatoms. The number of nitrogens with one attached hydrogen (secondary N) is 1. The first-order valence-electron chi connectivity index (χ1n) is 6.27. The number of primary amides is 1. The van der Waals surface area contributed by atoms with Gasteiger partial charge in [-0.3, -0.25) is 4.79 Å². The summed E-state index contributed by atoms with van der Waals surface area (Å²) in [5.74, 6) is -0.00798. The maximum Gasteiger partial charge on any atom is 0.237 e. The predicted molar refractivity (Wildman–Crippen MR) is 70.1 cm³/mol. The molecule has 1 atom stereocenters. The molecule has 0 aromatic heterocycles. The number of carbonyl (C=O) groups is 1. The van der Waals surface area contributed by atoms with Crippen molar-refractivity contribution in [3.63, 3.8) is 0 Å². The average molecular weight is 256 g/mol. The minimum Gasteiger partial charge on any atom is -0.409 e. The highest BCUT2D eigenvalue weighted by Crippen LogP contribution is 2.48. The van der Waals surface area contributed by atoms with E-state index in [0.29, 0.717) is 13.0 Å². The van der Waals surface area contributed by atoms with Gasteiger partial charge in [0.15, 0.2) is 0 Å². The second kappa shape index (κ2) is 5.14. The van der Waals surface area contributed by atoms with Crippen molar-refractivity contribution in [3.8, 4) is 0 Å². The van der Waals surface area contributed by atoms with Gasteiger partial charge in [-0.25, -0.2) is 0 Å². The van der Waals surface area contributed by atoms with Crippen LogP contribution in [0.4, 0.5) is 0 Å². The van der Waals surface area contributed by atoms with E-state index in [0.717, 1.165) is 12.8 Å². The summed E-state index contributed by atoms with van der Waals surface area (Å²) in [6, 6.07) is 0. The van der Waals surface area contributed by atoms with Crippen LogP contribution in [0.1, 0.15) is 40.0 Å². The molecule has 104 valence electrons. The Morgan fingerprint density at radius 2 is 2.06 bits per heavy atom. The molecule has 1 rings (SSSR count). The number of hydrogen-bond donors (Lipinski definition) is 4. The largest absolute Gasteiger partial charge is 0.409 e. The molecule has 1 aliphatic carbocycles. The second-order valence-corrected chi connectivity index (χ2v) is 5.84. The Kier molecular flexibility index (Phi) is 4.21. The Morgan fingerprint density at radius 1 is 1.50 bits per heavy atom. The topological polar surface area (TPSA) is 114 Å². The molecule has 1 amide bonds. The van der Waals surface area contributed by atoms with Crippen LogP contribution in [-0.2, 0) is 4.79 Å². The fourth-order valence-electron chi connectivity index (χ4n) is 1.96. The number of nitrogens with zero attached hydrogens (tertiary/aromatic N) is 1. The molecule has 0 aromatic carbocycles. The lowest BCUT2D eigenvalue weighted by atomic mass is 9.86. The number of nitrogens with two attached hydrogens (primary N) is 2. The molecule has 6 N–H and O–H groups in total. The van der Waals surface area contributed by atoms with Gasteiger partial charge in [0.2, 0.25) is 5.91 Å². The molecular weight excluding hydrogens is 232 g/mol. The van der Waals surface area contributed by atoms with Gasteiger partial charge in [-0.1, -0.05) is 19.0 Å². The van der Waals surface area contributed by atoms with Gasteiger partial charge in [0.25, 0.3) is 0 Å².